The first-order valence-electron chi connectivity index (χ1n) is 22.7. The highest BCUT2D eigenvalue weighted by atomic mass is 16.3. The number of nitrogens with one attached hydrogen (secondary N) is 2. The van der Waals surface area contributed by atoms with E-state index in [4.69, 9.17) is 0 Å². The third-order valence-electron chi connectivity index (χ3n) is 11.0. The maximum Gasteiger partial charge on any atom is 0.243 e. The summed E-state index contributed by atoms with van der Waals surface area (Å²) >= 11 is 0. The molecule has 0 atom stereocenters. The maximum absolute atomic E-state index is 9.31. The minimum atomic E-state index is 0.0305. The van der Waals surface area contributed by atoms with Crippen LogP contribution < -0.4 is 34.1 Å². The summed E-state index contributed by atoms with van der Waals surface area (Å²) in [6.07, 6.45) is 16.6. The molecule has 3 aromatic heterocycles. The lowest BCUT2D eigenvalue weighted by Crippen LogP contribution is -2.37. The molecule has 0 unspecified atom stereocenters. The number of aliphatic hydroxyl groups excluding tert-OH is 4. The number of benzene rings is 4. The molecule has 0 aliphatic heterocycles. The third-order valence-corrected chi connectivity index (χ3v) is 11.0. The Kier molecular flexibility index (Phi) is 18.0. The van der Waals surface area contributed by atoms with Gasteiger partial charge in [0.15, 0.2) is 37.9 Å². The van der Waals surface area contributed by atoms with E-state index < -0.39 is 0 Å². The number of pyridine rings is 2. The second-order valence-corrected chi connectivity index (χ2v) is 15.9. The molecule has 0 bridgehead atoms. The van der Waals surface area contributed by atoms with E-state index in [1.807, 2.05) is 156 Å². The van der Waals surface area contributed by atoms with Gasteiger partial charge in [0.2, 0.25) is 6.33 Å². The Morgan fingerprint density at radius 2 is 0.746 bits per heavy atom. The summed E-state index contributed by atoms with van der Waals surface area (Å²) in [6.45, 7) is 5.64. The second-order valence-electron chi connectivity index (χ2n) is 15.9. The minimum absolute atomic E-state index is 0.0305. The fourth-order valence-corrected chi connectivity index (χ4v) is 7.43. The monoisotopic (exact) mass is 905 g/mol. The number of aryl methyl sites for hydroxylation is 4. The zero-order valence-corrected chi connectivity index (χ0v) is 37.7. The van der Waals surface area contributed by atoms with Crippen molar-refractivity contribution in [2.75, 3.05) is 73.0 Å². The number of rotatable bonds is 26. The summed E-state index contributed by atoms with van der Waals surface area (Å²) in [4.78, 5) is 3.89. The molecular formula is C51H61N12O4+3. The standard InChI is InChI=1S/C51H59N12O4/c64-37-33-62(34-38-65)50-15-11-44(12-16-50)52-42-3-7-46(8-4-42)54-56-48-19-27-58(28-20-48)23-1-25-60-31-32-61(41-60)26-2-24-59-29-21-49(22-30-59)57-55-47-9-5-43(6-10-47)53-45-13-17-51(18-14-45)63(35-39-66)36-40-67/h3-22,27-32,41,64-67H,1-2,23-26,33-40H2/q+1/p+2. The van der Waals surface area contributed by atoms with Crippen LogP contribution >= 0.6 is 0 Å². The van der Waals surface area contributed by atoms with Crippen LogP contribution in [0.1, 0.15) is 12.8 Å². The molecule has 0 amide bonds. The number of anilines is 6. The molecule has 0 radical (unpaired) electrons. The Labute approximate surface area is 391 Å². The smallest absolute Gasteiger partial charge is 0.243 e. The van der Waals surface area contributed by atoms with Gasteiger partial charge in [-0.1, -0.05) is 0 Å². The van der Waals surface area contributed by atoms with Gasteiger partial charge in [-0.15, -0.1) is 0 Å². The highest BCUT2D eigenvalue weighted by Crippen LogP contribution is 2.26. The van der Waals surface area contributed by atoms with E-state index in [2.05, 4.69) is 68.1 Å². The average Bonchev–Trinajstić information content (AvgIpc) is 3.82. The zero-order chi connectivity index (χ0) is 46.5. The number of nitrogens with zero attached hydrogens (tertiary/aromatic N) is 10. The van der Waals surface area contributed by atoms with Gasteiger partial charge in [-0.2, -0.15) is 20.5 Å². The van der Waals surface area contributed by atoms with Crippen molar-refractivity contribution in [3.05, 3.63) is 165 Å². The van der Waals surface area contributed by atoms with E-state index in [0.29, 0.717) is 26.2 Å². The Bertz CT molecular complexity index is 2380. The Morgan fingerprint density at radius 1 is 0.403 bits per heavy atom. The van der Waals surface area contributed by atoms with Crippen molar-refractivity contribution in [2.24, 2.45) is 20.5 Å². The fourth-order valence-electron chi connectivity index (χ4n) is 7.43. The third kappa shape index (κ3) is 15.1. The maximum atomic E-state index is 9.31. The van der Waals surface area contributed by atoms with Crippen LogP contribution in [0.3, 0.4) is 0 Å². The molecule has 16 heteroatoms. The quantitative estimate of drug-likeness (QED) is 0.0240. The number of hydrogen-bond acceptors (Lipinski definition) is 12. The van der Waals surface area contributed by atoms with Crippen molar-refractivity contribution in [3.8, 4) is 0 Å². The largest absolute Gasteiger partial charge is 0.395 e. The van der Waals surface area contributed by atoms with E-state index in [1.54, 1.807) is 0 Å². The van der Waals surface area contributed by atoms with Crippen molar-refractivity contribution in [2.45, 2.75) is 39.0 Å². The Balaban J connectivity index is 0.775. The van der Waals surface area contributed by atoms with Crippen LogP contribution in [0.4, 0.5) is 56.9 Å². The van der Waals surface area contributed by atoms with E-state index in [0.717, 1.165) is 95.9 Å². The molecule has 7 aromatic rings. The molecule has 0 aliphatic rings. The molecule has 0 saturated heterocycles. The van der Waals surface area contributed by atoms with Gasteiger partial charge in [0, 0.05) is 97.4 Å². The highest BCUT2D eigenvalue weighted by molar-refractivity contribution is 5.65. The second kappa shape index (κ2) is 25.4. The van der Waals surface area contributed by atoms with Gasteiger partial charge in [-0.3, -0.25) is 0 Å². The molecule has 0 spiro atoms. The first-order chi connectivity index (χ1) is 33.0. The van der Waals surface area contributed by atoms with E-state index in [1.165, 1.54) is 0 Å². The molecule has 16 nitrogen and oxygen atoms in total. The van der Waals surface area contributed by atoms with Gasteiger partial charge < -0.3 is 40.9 Å². The SMILES string of the molecule is OCCN(CCO)c1ccc(Nc2ccc(/N=N\c3cc[n+](CCCn4cc[n+](CCC[n+]5ccc(/N=N\c6ccc(Nc7ccc(N(CCO)CCO)cc7)cc6)cc5)c4)cc3)cc2)cc1. The van der Waals surface area contributed by atoms with Crippen molar-refractivity contribution >= 4 is 56.9 Å². The first kappa shape index (κ1) is 47.6. The molecule has 67 heavy (non-hydrogen) atoms. The molecule has 7 rings (SSSR count). The number of azo groups is 2. The zero-order valence-electron chi connectivity index (χ0n) is 37.7. The van der Waals surface area contributed by atoms with Gasteiger partial charge in [-0.05, 0) is 97.1 Å². The van der Waals surface area contributed by atoms with Crippen molar-refractivity contribution in [3.63, 3.8) is 0 Å². The average molecular weight is 906 g/mol. The van der Waals surface area contributed by atoms with Crippen LogP contribution in [-0.2, 0) is 26.2 Å². The normalized spacial score (nSPS) is 11.4. The summed E-state index contributed by atoms with van der Waals surface area (Å²) in [6, 6.07) is 39.3. The lowest BCUT2D eigenvalue weighted by molar-refractivity contribution is -0.726. The predicted octanol–water partition coefficient (Wildman–Crippen LogP) is 7.43. The molecule has 3 heterocycles. The summed E-state index contributed by atoms with van der Waals surface area (Å²) in [5, 5.41) is 61.7. The number of imidazole rings is 1. The van der Waals surface area contributed by atoms with Gasteiger partial charge in [0.25, 0.3) is 0 Å². The fraction of sp³-hybridized carbons (Fsp3) is 0.275. The van der Waals surface area contributed by atoms with Crippen molar-refractivity contribution in [1.29, 1.82) is 0 Å². The molecule has 0 fully saturated rings. The molecular weight excluding hydrogens is 845 g/mol. The van der Waals surface area contributed by atoms with Crippen molar-refractivity contribution < 1.29 is 34.1 Å². The molecule has 346 valence electrons. The predicted molar refractivity (Wildman–Crippen MR) is 261 cm³/mol. The van der Waals surface area contributed by atoms with Gasteiger partial charge >= 0.3 is 0 Å². The summed E-state index contributed by atoms with van der Waals surface area (Å²) < 4.78 is 8.80. The first-order valence-corrected chi connectivity index (χ1v) is 22.7. The van der Waals surface area contributed by atoms with Crippen LogP contribution in [0.2, 0.25) is 0 Å². The van der Waals surface area contributed by atoms with Crippen LogP contribution in [-0.4, -0.2) is 77.6 Å². The summed E-state index contributed by atoms with van der Waals surface area (Å²) in [7, 11) is 0. The molecule has 0 saturated carbocycles. The van der Waals surface area contributed by atoms with Gasteiger partial charge in [-0.25, -0.2) is 18.3 Å². The van der Waals surface area contributed by atoms with Gasteiger partial charge in [0.1, 0.15) is 12.4 Å². The lowest BCUT2D eigenvalue weighted by Gasteiger charge is -2.23. The number of aliphatic hydroxyl groups is 4. The number of hydrogen-bond donors (Lipinski definition) is 6. The lowest BCUT2D eigenvalue weighted by atomic mass is 10.2. The number of aromatic nitrogens is 4. The highest BCUT2D eigenvalue weighted by Gasteiger charge is 2.10. The Hall–Kier alpha value is -7.37. The van der Waals surface area contributed by atoms with Crippen LogP contribution in [0.5, 0.6) is 0 Å². The summed E-state index contributed by atoms with van der Waals surface area (Å²) in [5.41, 5.74) is 8.74. The molecule has 0 aliphatic carbocycles. The van der Waals surface area contributed by atoms with E-state index >= 15 is 0 Å². The van der Waals surface area contributed by atoms with Crippen LogP contribution in [0, 0.1) is 0 Å². The van der Waals surface area contributed by atoms with Crippen LogP contribution in [0.15, 0.2) is 185 Å². The minimum Gasteiger partial charge on any atom is -0.395 e. The Morgan fingerprint density at radius 3 is 1.13 bits per heavy atom. The molecule has 4 aromatic carbocycles. The summed E-state index contributed by atoms with van der Waals surface area (Å²) in [5.74, 6) is 0. The topological polar surface area (TPSA) is 177 Å². The van der Waals surface area contributed by atoms with Crippen molar-refractivity contribution in [1.82, 2.24) is 4.57 Å². The van der Waals surface area contributed by atoms with Gasteiger partial charge in [0.05, 0.1) is 62.3 Å². The van der Waals surface area contributed by atoms with Crippen LogP contribution in [0.25, 0.3) is 0 Å². The molecule has 6 N–H and O–H groups in total. The van der Waals surface area contributed by atoms with E-state index in [9.17, 15) is 20.4 Å². The van der Waals surface area contributed by atoms with E-state index in [-0.39, 0.29) is 26.4 Å².